The molecule has 1 saturated heterocycles. The van der Waals surface area contributed by atoms with E-state index in [1.807, 2.05) is 0 Å². The van der Waals surface area contributed by atoms with Crippen LogP contribution in [-0.4, -0.2) is 12.1 Å². The predicted molar refractivity (Wildman–Crippen MR) is 63.5 cm³/mol. The van der Waals surface area contributed by atoms with E-state index >= 15 is 0 Å². The molecular weight excluding hydrogens is 170 g/mol. The summed E-state index contributed by atoms with van der Waals surface area (Å²) in [5, 5.41) is 3.77. The van der Waals surface area contributed by atoms with Crippen molar-refractivity contribution in [3.05, 3.63) is 0 Å². The normalized spacial score (nSPS) is 34.9. The molecule has 1 aliphatic rings. The van der Waals surface area contributed by atoms with Gasteiger partial charge in [-0.05, 0) is 44.9 Å². The van der Waals surface area contributed by atoms with Crippen LogP contribution in [0.1, 0.15) is 65.7 Å². The molecule has 1 nitrogen and oxygen atoms in total. The summed E-state index contributed by atoms with van der Waals surface area (Å²) in [5.41, 5.74) is 0. The minimum atomic E-state index is 0.736. The smallest absolute Gasteiger partial charge is 0.00696 e. The molecule has 3 atom stereocenters. The van der Waals surface area contributed by atoms with Crippen molar-refractivity contribution in [3.8, 4) is 0 Å². The molecule has 0 bridgehead atoms. The van der Waals surface area contributed by atoms with Gasteiger partial charge in [-0.2, -0.15) is 0 Å². The van der Waals surface area contributed by atoms with Gasteiger partial charge in [0.2, 0.25) is 0 Å². The van der Waals surface area contributed by atoms with Crippen molar-refractivity contribution in [3.63, 3.8) is 0 Å². The average molecular weight is 197 g/mol. The standard InChI is InChI=1S/C13H27N/c1-4-5-6-13-10-8-11(2)7-9-12(3)14-13/h11-14H,4-10H2,1-3H3/t11?,12-,13?/m0/s1. The third kappa shape index (κ3) is 4.45. The Kier molecular flexibility index (Phi) is 5.54. The molecule has 1 aliphatic heterocycles. The Morgan fingerprint density at radius 1 is 1.07 bits per heavy atom. The zero-order chi connectivity index (χ0) is 10.4. The molecule has 14 heavy (non-hydrogen) atoms. The molecule has 0 radical (unpaired) electrons. The quantitative estimate of drug-likeness (QED) is 0.727. The molecule has 0 aromatic carbocycles. The highest BCUT2D eigenvalue weighted by molar-refractivity contribution is 4.76. The van der Waals surface area contributed by atoms with E-state index < -0.39 is 0 Å². The molecule has 0 aliphatic carbocycles. The fourth-order valence-corrected chi connectivity index (χ4v) is 2.41. The Labute approximate surface area is 89.7 Å². The summed E-state index contributed by atoms with van der Waals surface area (Å²) >= 11 is 0. The van der Waals surface area contributed by atoms with Crippen LogP contribution in [0.15, 0.2) is 0 Å². The number of rotatable bonds is 3. The number of hydrogen-bond donors (Lipinski definition) is 1. The summed E-state index contributed by atoms with van der Waals surface area (Å²) in [6, 6.07) is 1.53. The van der Waals surface area contributed by atoms with Crippen molar-refractivity contribution in [2.45, 2.75) is 77.8 Å². The highest BCUT2D eigenvalue weighted by atomic mass is 14.9. The first-order valence-corrected chi connectivity index (χ1v) is 6.48. The summed E-state index contributed by atoms with van der Waals surface area (Å²) in [5.74, 6) is 0.948. The molecule has 0 amide bonds. The van der Waals surface area contributed by atoms with E-state index in [9.17, 15) is 0 Å². The van der Waals surface area contributed by atoms with Crippen LogP contribution in [0.4, 0.5) is 0 Å². The van der Waals surface area contributed by atoms with Crippen LogP contribution in [0.2, 0.25) is 0 Å². The minimum Gasteiger partial charge on any atom is -0.312 e. The number of nitrogens with one attached hydrogen (secondary N) is 1. The Bertz CT molecular complexity index is 144. The van der Waals surface area contributed by atoms with Gasteiger partial charge in [-0.3, -0.25) is 0 Å². The Morgan fingerprint density at radius 3 is 2.50 bits per heavy atom. The molecule has 1 fully saturated rings. The topological polar surface area (TPSA) is 12.0 Å². The van der Waals surface area contributed by atoms with Gasteiger partial charge in [0.05, 0.1) is 0 Å². The fraction of sp³-hybridized carbons (Fsp3) is 1.00. The summed E-state index contributed by atoms with van der Waals surface area (Å²) in [6.45, 7) is 7.04. The van der Waals surface area contributed by atoms with Crippen LogP contribution in [0, 0.1) is 5.92 Å². The third-order valence-electron chi connectivity index (χ3n) is 3.53. The van der Waals surface area contributed by atoms with Gasteiger partial charge in [0, 0.05) is 12.1 Å². The van der Waals surface area contributed by atoms with Crippen molar-refractivity contribution in [2.75, 3.05) is 0 Å². The Morgan fingerprint density at radius 2 is 1.79 bits per heavy atom. The summed E-state index contributed by atoms with van der Waals surface area (Å²) in [6.07, 6.45) is 9.70. The molecule has 1 heterocycles. The van der Waals surface area contributed by atoms with Crippen molar-refractivity contribution < 1.29 is 0 Å². The van der Waals surface area contributed by atoms with Crippen LogP contribution in [0.25, 0.3) is 0 Å². The summed E-state index contributed by atoms with van der Waals surface area (Å²) in [7, 11) is 0. The SMILES string of the molecule is CCCCC1CCC(C)CC[C@H](C)N1. The molecule has 1 rings (SSSR count). The van der Waals surface area contributed by atoms with E-state index in [4.69, 9.17) is 0 Å². The average Bonchev–Trinajstić information content (AvgIpc) is 2.16. The maximum absolute atomic E-state index is 3.77. The van der Waals surface area contributed by atoms with Gasteiger partial charge >= 0.3 is 0 Å². The monoisotopic (exact) mass is 197 g/mol. The van der Waals surface area contributed by atoms with E-state index in [-0.39, 0.29) is 0 Å². The molecule has 1 heteroatoms. The van der Waals surface area contributed by atoms with Gasteiger partial charge in [-0.15, -0.1) is 0 Å². The maximum Gasteiger partial charge on any atom is 0.00696 e. The zero-order valence-corrected chi connectivity index (χ0v) is 10.2. The van der Waals surface area contributed by atoms with Gasteiger partial charge < -0.3 is 5.32 Å². The molecule has 0 spiro atoms. The van der Waals surface area contributed by atoms with Gasteiger partial charge in [0.25, 0.3) is 0 Å². The number of unbranched alkanes of at least 4 members (excludes halogenated alkanes) is 1. The second-order valence-corrected chi connectivity index (χ2v) is 5.17. The van der Waals surface area contributed by atoms with Crippen LogP contribution in [-0.2, 0) is 0 Å². The van der Waals surface area contributed by atoms with Crippen LogP contribution >= 0.6 is 0 Å². The minimum absolute atomic E-state index is 0.736. The molecular formula is C13H27N. The van der Waals surface area contributed by atoms with E-state index in [0.717, 1.165) is 18.0 Å². The van der Waals surface area contributed by atoms with Gasteiger partial charge in [0.1, 0.15) is 0 Å². The summed E-state index contributed by atoms with van der Waals surface area (Å²) in [4.78, 5) is 0. The lowest BCUT2D eigenvalue weighted by molar-refractivity contribution is 0.299. The van der Waals surface area contributed by atoms with Crippen LogP contribution in [0.3, 0.4) is 0 Å². The van der Waals surface area contributed by atoms with Gasteiger partial charge in [-0.25, -0.2) is 0 Å². The predicted octanol–water partition coefficient (Wildman–Crippen LogP) is 3.73. The Hall–Kier alpha value is -0.0400. The lowest BCUT2D eigenvalue weighted by Crippen LogP contribution is -2.38. The molecule has 2 unspecified atom stereocenters. The molecule has 0 saturated carbocycles. The van der Waals surface area contributed by atoms with Gasteiger partial charge in [0.15, 0.2) is 0 Å². The first-order valence-electron chi connectivity index (χ1n) is 6.48. The lowest BCUT2D eigenvalue weighted by Gasteiger charge is -2.28. The second kappa shape index (κ2) is 6.44. The van der Waals surface area contributed by atoms with E-state index in [0.29, 0.717) is 0 Å². The molecule has 1 N–H and O–H groups in total. The highest BCUT2D eigenvalue weighted by Crippen LogP contribution is 2.21. The van der Waals surface area contributed by atoms with E-state index in [1.165, 1.54) is 44.9 Å². The largest absolute Gasteiger partial charge is 0.312 e. The van der Waals surface area contributed by atoms with Crippen molar-refractivity contribution in [2.24, 2.45) is 5.92 Å². The molecule has 84 valence electrons. The van der Waals surface area contributed by atoms with Crippen molar-refractivity contribution >= 4 is 0 Å². The zero-order valence-electron chi connectivity index (χ0n) is 10.2. The maximum atomic E-state index is 3.77. The fourth-order valence-electron chi connectivity index (χ4n) is 2.41. The first-order chi connectivity index (χ1) is 6.72. The number of hydrogen-bond acceptors (Lipinski definition) is 1. The van der Waals surface area contributed by atoms with E-state index in [2.05, 4.69) is 26.1 Å². The second-order valence-electron chi connectivity index (χ2n) is 5.17. The highest BCUT2D eigenvalue weighted by Gasteiger charge is 2.17. The van der Waals surface area contributed by atoms with Gasteiger partial charge in [-0.1, -0.05) is 26.7 Å². The van der Waals surface area contributed by atoms with Crippen molar-refractivity contribution in [1.29, 1.82) is 0 Å². The van der Waals surface area contributed by atoms with Crippen LogP contribution in [0.5, 0.6) is 0 Å². The Balaban J connectivity index is 2.32. The summed E-state index contributed by atoms with van der Waals surface area (Å²) < 4.78 is 0. The van der Waals surface area contributed by atoms with Crippen LogP contribution < -0.4 is 5.32 Å². The van der Waals surface area contributed by atoms with Crippen molar-refractivity contribution in [1.82, 2.24) is 5.32 Å². The molecule has 0 aromatic rings. The van der Waals surface area contributed by atoms with E-state index in [1.54, 1.807) is 0 Å². The first kappa shape index (κ1) is 12.0. The third-order valence-corrected chi connectivity index (χ3v) is 3.53. The molecule has 0 aromatic heterocycles. The lowest BCUT2D eigenvalue weighted by atomic mass is 9.90.